The molecule has 0 spiro atoms. The van der Waals surface area contributed by atoms with Crippen LogP contribution in [0, 0.1) is 0 Å². The monoisotopic (exact) mass is 650 g/mol. The summed E-state index contributed by atoms with van der Waals surface area (Å²) in [5.41, 5.74) is 3.38. The number of benzene rings is 4. The number of tetrazole rings is 1. The highest BCUT2D eigenvalue weighted by atomic mass is 35.5. The van der Waals surface area contributed by atoms with Crippen LogP contribution in [0.1, 0.15) is 54.9 Å². The van der Waals surface area contributed by atoms with Crippen LogP contribution in [-0.4, -0.2) is 53.8 Å². The summed E-state index contributed by atoms with van der Waals surface area (Å²) in [5.74, 6) is 1.32. The molecule has 8 nitrogen and oxygen atoms in total. The summed E-state index contributed by atoms with van der Waals surface area (Å²) < 4.78 is 7.02. The normalized spacial score (nSPS) is 20.3. The Bertz CT molecular complexity index is 1740. The van der Waals surface area contributed by atoms with Gasteiger partial charge in [0.2, 0.25) is 5.91 Å². The maximum atomic E-state index is 14.4. The molecule has 1 aromatic heterocycles. The van der Waals surface area contributed by atoms with Gasteiger partial charge in [0, 0.05) is 4.75 Å². The molecule has 2 fully saturated rings. The van der Waals surface area contributed by atoms with Crippen molar-refractivity contribution in [1.82, 2.24) is 30.4 Å². The van der Waals surface area contributed by atoms with E-state index in [-0.39, 0.29) is 22.1 Å². The Balaban J connectivity index is 1.23. The smallest absolute Gasteiger partial charge is 0.244 e. The molecule has 5 aromatic rings. The van der Waals surface area contributed by atoms with E-state index in [1.54, 1.807) is 16.4 Å². The number of halogens is 1. The summed E-state index contributed by atoms with van der Waals surface area (Å²) in [6, 6.07) is 36.1. The van der Waals surface area contributed by atoms with Crippen molar-refractivity contribution in [2.45, 2.75) is 55.1 Å². The number of amides is 1. The molecular weight excluding hydrogens is 616 g/mol. The number of hydrogen-bond acceptors (Lipinski definition) is 7. The fourth-order valence-corrected chi connectivity index (χ4v) is 8.71. The van der Waals surface area contributed by atoms with Crippen molar-refractivity contribution >= 4 is 29.3 Å². The Morgan fingerprint density at radius 1 is 0.913 bits per heavy atom. The molecule has 4 aromatic carbocycles. The minimum absolute atomic E-state index is 0.0268. The number of nitrogens with one attached hydrogen (secondary N) is 1. The molecule has 0 aliphatic carbocycles. The van der Waals surface area contributed by atoms with Gasteiger partial charge >= 0.3 is 0 Å². The quantitative estimate of drug-likeness (QED) is 0.137. The molecule has 0 radical (unpaired) electrons. The van der Waals surface area contributed by atoms with Gasteiger partial charge in [-0.15, -0.1) is 16.9 Å². The molecular formula is C36H35ClN6O2S. The predicted molar refractivity (Wildman–Crippen MR) is 181 cm³/mol. The summed E-state index contributed by atoms with van der Waals surface area (Å²) in [5, 5.41) is 17.2. The molecule has 2 aliphatic rings. The minimum atomic E-state index is -0.756. The molecule has 7 rings (SSSR count). The summed E-state index contributed by atoms with van der Waals surface area (Å²) in [7, 11) is 0. The highest BCUT2D eigenvalue weighted by molar-refractivity contribution is 8.01. The molecule has 234 valence electrons. The van der Waals surface area contributed by atoms with Gasteiger partial charge in [-0.05, 0) is 65.6 Å². The molecule has 0 saturated carbocycles. The van der Waals surface area contributed by atoms with Crippen LogP contribution < -0.4 is 10.1 Å². The van der Waals surface area contributed by atoms with Gasteiger partial charge < -0.3 is 9.64 Å². The molecule has 46 heavy (non-hydrogen) atoms. The van der Waals surface area contributed by atoms with E-state index >= 15 is 0 Å². The van der Waals surface area contributed by atoms with E-state index in [1.165, 1.54) is 0 Å². The highest BCUT2D eigenvalue weighted by Gasteiger charge is 2.64. The van der Waals surface area contributed by atoms with E-state index in [2.05, 4.69) is 71.1 Å². The van der Waals surface area contributed by atoms with Gasteiger partial charge in [-0.25, -0.2) is 4.68 Å². The van der Waals surface area contributed by atoms with Crippen molar-refractivity contribution in [3.63, 3.8) is 0 Å². The fourth-order valence-electron chi connectivity index (χ4n) is 6.82. The number of nitrogens with zero attached hydrogens (tertiary/aromatic N) is 5. The first-order valence-corrected chi connectivity index (χ1v) is 16.7. The molecule has 2 saturated heterocycles. The second-order valence-electron chi connectivity index (χ2n) is 12.1. The van der Waals surface area contributed by atoms with Crippen molar-refractivity contribution in [3.05, 3.63) is 142 Å². The summed E-state index contributed by atoms with van der Waals surface area (Å²) >= 11 is 8.27. The molecule has 3 heterocycles. The van der Waals surface area contributed by atoms with Crippen molar-refractivity contribution in [1.29, 1.82) is 0 Å². The Hall–Kier alpha value is -4.18. The number of ether oxygens (including phenoxy) is 1. The maximum absolute atomic E-state index is 14.4. The predicted octanol–water partition coefficient (Wildman–Crippen LogP) is 6.46. The SMILES string of the molecule is CCOc1ccc(Cn2nnnc2C2N3C(=O)C(NC(c4ccccc4)(c4ccccc4)c4ccccc4)[C@H]3SC2(C)C)cc1Cl. The second-order valence-corrected chi connectivity index (χ2v) is 14.3. The van der Waals surface area contributed by atoms with Crippen LogP contribution in [0.5, 0.6) is 5.75 Å². The third kappa shape index (κ3) is 5.16. The van der Waals surface area contributed by atoms with E-state index in [0.717, 1.165) is 22.3 Å². The van der Waals surface area contributed by atoms with Gasteiger partial charge in [-0.1, -0.05) is 109 Å². The number of carbonyl (C=O) groups is 1. The van der Waals surface area contributed by atoms with E-state index in [9.17, 15) is 4.79 Å². The van der Waals surface area contributed by atoms with Gasteiger partial charge in [-0.3, -0.25) is 10.1 Å². The molecule has 1 N–H and O–H groups in total. The zero-order valence-electron chi connectivity index (χ0n) is 25.9. The largest absolute Gasteiger partial charge is 0.492 e. The van der Waals surface area contributed by atoms with Crippen LogP contribution in [0.2, 0.25) is 5.02 Å². The number of β-lactam (4-membered cyclic amide) rings is 1. The summed E-state index contributed by atoms with van der Waals surface area (Å²) in [6.45, 7) is 7.20. The van der Waals surface area contributed by atoms with Gasteiger partial charge in [0.25, 0.3) is 0 Å². The van der Waals surface area contributed by atoms with Crippen LogP contribution in [0.3, 0.4) is 0 Å². The van der Waals surface area contributed by atoms with E-state index in [1.807, 2.05) is 84.6 Å². The van der Waals surface area contributed by atoms with Crippen LogP contribution in [0.4, 0.5) is 0 Å². The third-order valence-corrected chi connectivity index (χ3v) is 10.7. The number of thioether (sulfide) groups is 1. The molecule has 0 bridgehead atoms. The van der Waals surface area contributed by atoms with Crippen molar-refractivity contribution in [2.75, 3.05) is 6.61 Å². The molecule has 2 unspecified atom stereocenters. The second kappa shape index (κ2) is 12.2. The fraction of sp³-hybridized carbons (Fsp3) is 0.278. The van der Waals surface area contributed by atoms with Crippen LogP contribution in [0.15, 0.2) is 109 Å². The Labute approximate surface area is 278 Å². The average molecular weight is 651 g/mol. The number of hydrogen-bond donors (Lipinski definition) is 1. The highest BCUT2D eigenvalue weighted by Crippen LogP contribution is 2.57. The standard InChI is InChI=1S/C36H35ClN6O2S/c1-4-45-29-21-20-24(22-28(29)37)23-42-32(39-40-41-42)31-35(2,3)46-34-30(33(44)43(31)34)38-36(25-14-8-5-9-15-25,26-16-10-6-11-17-26)27-18-12-7-13-19-27/h5-22,30-31,34,38H,4,23H2,1-3H3/t30?,31?,34-/m1/s1. The van der Waals surface area contributed by atoms with Crippen molar-refractivity contribution in [2.24, 2.45) is 0 Å². The minimum Gasteiger partial charge on any atom is -0.492 e. The number of rotatable bonds is 10. The van der Waals surface area contributed by atoms with Crippen LogP contribution in [-0.2, 0) is 16.9 Å². The van der Waals surface area contributed by atoms with Crippen LogP contribution >= 0.6 is 23.4 Å². The maximum Gasteiger partial charge on any atom is 0.244 e. The van der Waals surface area contributed by atoms with E-state index in [0.29, 0.717) is 29.7 Å². The lowest BCUT2D eigenvalue weighted by Crippen LogP contribution is -2.70. The zero-order valence-corrected chi connectivity index (χ0v) is 27.4. The zero-order chi connectivity index (χ0) is 31.9. The Morgan fingerprint density at radius 3 is 2.04 bits per heavy atom. The Morgan fingerprint density at radius 2 is 1.50 bits per heavy atom. The number of fused-ring (bicyclic) bond motifs is 1. The first kappa shape index (κ1) is 30.5. The van der Waals surface area contributed by atoms with Gasteiger partial charge in [-0.2, -0.15) is 0 Å². The topological polar surface area (TPSA) is 85.2 Å². The summed E-state index contributed by atoms with van der Waals surface area (Å²) in [6.07, 6.45) is 0. The van der Waals surface area contributed by atoms with Crippen molar-refractivity contribution < 1.29 is 9.53 Å². The van der Waals surface area contributed by atoms with Crippen molar-refractivity contribution in [3.8, 4) is 5.75 Å². The van der Waals surface area contributed by atoms with Gasteiger partial charge in [0.15, 0.2) is 5.82 Å². The first-order valence-electron chi connectivity index (χ1n) is 15.4. The van der Waals surface area contributed by atoms with E-state index in [4.69, 9.17) is 16.3 Å². The third-order valence-electron chi connectivity index (χ3n) is 8.87. The lowest BCUT2D eigenvalue weighted by Gasteiger charge is -2.49. The lowest BCUT2D eigenvalue weighted by atomic mass is 9.76. The van der Waals surface area contributed by atoms with Gasteiger partial charge in [0.1, 0.15) is 23.2 Å². The Kier molecular flexibility index (Phi) is 8.09. The lowest BCUT2D eigenvalue weighted by molar-refractivity contribution is -0.150. The van der Waals surface area contributed by atoms with Crippen LogP contribution in [0.25, 0.3) is 0 Å². The average Bonchev–Trinajstić information content (AvgIpc) is 3.62. The molecule has 10 heteroatoms. The first-order chi connectivity index (χ1) is 22.3. The number of aromatic nitrogens is 4. The number of carbonyl (C=O) groups excluding carboxylic acids is 1. The van der Waals surface area contributed by atoms with E-state index < -0.39 is 11.6 Å². The molecule has 3 atom stereocenters. The summed E-state index contributed by atoms with van der Waals surface area (Å²) in [4.78, 5) is 16.3. The molecule has 1 amide bonds. The molecule has 2 aliphatic heterocycles. The van der Waals surface area contributed by atoms with Gasteiger partial charge in [0.05, 0.1) is 23.7 Å².